The minimum Gasteiger partial charge on any atom is -0.323 e. The van der Waals surface area contributed by atoms with Gasteiger partial charge in [0.25, 0.3) is 0 Å². The van der Waals surface area contributed by atoms with Crippen LogP contribution in [0.3, 0.4) is 0 Å². The summed E-state index contributed by atoms with van der Waals surface area (Å²) in [5.41, 5.74) is 7.62. The molecular formula is C22H16Cl2N4. The van der Waals surface area contributed by atoms with Gasteiger partial charge in [-0.15, -0.1) is 12.4 Å². The summed E-state index contributed by atoms with van der Waals surface area (Å²) >= 11 is 5.88. The number of H-pyrrole nitrogens is 1. The van der Waals surface area contributed by atoms with Gasteiger partial charge in [-0.05, 0) is 54.1 Å². The Morgan fingerprint density at radius 2 is 1.54 bits per heavy atom. The van der Waals surface area contributed by atoms with Gasteiger partial charge in [-0.2, -0.15) is 5.10 Å². The Labute approximate surface area is 174 Å². The molecular weight excluding hydrogens is 391 g/mol. The second-order valence-electron chi connectivity index (χ2n) is 5.85. The molecule has 0 unspecified atom stereocenters. The second-order valence-corrected chi connectivity index (χ2v) is 6.29. The summed E-state index contributed by atoms with van der Waals surface area (Å²) in [6.45, 7) is 0. The molecule has 0 radical (unpaired) electrons. The largest absolute Gasteiger partial charge is 0.323 e. The summed E-state index contributed by atoms with van der Waals surface area (Å²) in [6.07, 6.45) is 1.74. The number of para-hydroxylation sites is 2. The Balaban J connectivity index is 0.00000225. The van der Waals surface area contributed by atoms with Crippen molar-refractivity contribution in [3.63, 3.8) is 0 Å². The topological polar surface area (TPSA) is 53.1 Å². The van der Waals surface area contributed by atoms with E-state index in [1.165, 1.54) is 0 Å². The van der Waals surface area contributed by atoms with Crippen molar-refractivity contribution < 1.29 is 0 Å². The summed E-state index contributed by atoms with van der Waals surface area (Å²) in [7, 11) is 0. The number of imidazole rings is 1. The molecule has 1 heterocycles. The third-order valence-corrected chi connectivity index (χ3v) is 4.13. The fraction of sp³-hybridized carbons (Fsp3) is 0. The summed E-state index contributed by atoms with van der Waals surface area (Å²) < 4.78 is 0. The van der Waals surface area contributed by atoms with Crippen molar-refractivity contribution in [3.05, 3.63) is 94.5 Å². The molecule has 0 aliphatic heterocycles. The minimum atomic E-state index is 0. The summed E-state index contributed by atoms with van der Waals surface area (Å²) in [5, 5.41) is 4.93. The van der Waals surface area contributed by atoms with E-state index >= 15 is 0 Å². The summed E-state index contributed by atoms with van der Waals surface area (Å²) in [5.74, 6) is 6.86. The predicted octanol–water partition coefficient (Wildman–Crippen LogP) is 5.48. The first-order valence-electron chi connectivity index (χ1n) is 8.38. The van der Waals surface area contributed by atoms with Gasteiger partial charge in [0.15, 0.2) is 0 Å². The number of hydrogen-bond acceptors (Lipinski definition) is 3. The standard InChI is InChI=1S/C22H15ClN4.ClH/c23-19-13-11-17(12-14-19)6-5-16-7-9-18(10-8-16)15-24-27-22-25-20-3-1-2-4-21(20)26-22;/h1-4,7-15H,(H2,25,26,27);1H/b24-15+;. The van der Waals surface area contributed by atoms with E-state index in [-0.39, 0.29) is 12.4 Å². The number of fused-ring (bicyclic) bond motifs is 1. The van der Waals surface area contributed by atoms with E-state index in [1.54, 1.807) is 6.21 Å². The molecule has 4 aromatic rings. The molecule has 138 valence electrons. The van der Waals surface area contributed by atoms with Crippen molar-refractivity contribution in [2.75, 3.05) is 5.43 Å². The zero-order chi connectivity index (χ0) is 18.5. The molecule has 0 aliphatic rings. The van der Waals surface area contributed by atoms with Crippen molar-refractivity contribution in [1.82, 2.24) is 9.97 Å². The summed E-state index contributed by atoms with van der Waals surface area (Å²) in [6, 6.07) is 23.2. The van der Waals surface area contributed by atoms with Crippen LogP contribution in [0.4, 0.5) is 5.95 Å². The third kappa shape index (κ3) is 4.92. The first kappa shape index (κ1) is 19.5. The lowest BCUT2D eigenvalue weighted by Gasteiger charge is -1.96. The van der Waals surface area contributed by atoms with Crippen LogP contribution in [0.2, 0.25) is 5.02 Å². The average Bonchev–Trinajstić information content (AvgIpc) is 3.11. The highest BCUT2D eigenvalue weighted by atomic mass is 35.5. The number of rotatable bonds is 3. The van der Waals surface area contributed by atoms with Crippen LogP contribution in [0, 0.1) is 11.8 Å². The van der Waals surface area contributed by atoms with Crippen molar-refractivity contribution >= 4 is 47.2 Å². The maximum atomic E-state index is 5.88. The molecule has 4 nitrogen and oxygen atoms in total. The first-order valence-corrected chi connectivity index (χ1v) is 8.75. The molecule has 0 atom stereocenters. The van der Waals surface area contributed by atoms with E-state index in [0.717, 1.165) is 27.7 Å². The highest BCUT2D eigenvalue weighted by Gasteiger charge is 1.99. The molecule has 4 rings (SSSR count). The first-order chi connectivity index (χ1) is 13.3. The Hall–Kier alpha value is -3.26. The number of halogens is 2. The highest BCUT2D eigenvalue weighted by Crippen LogP contribution is 2.13. The van der Waals surface area contributed by atoms with Crippen LogP contribution in [-0.4, -0.2) is 16.2 Å². The molecule has 0 amide bonds. The number of nitrogens with one attached hydrogen (secondary N) is 2. The lowest BCUT2D eigenvalue weighted by atomic mass is 10.1. The number of aromatic amines is 1. The van der Waals surface area contributed by atoms with Crippen molar-refractivity contribution in [2.45, 2.75) is 0 Å². The molecule has 0 aliphatic carbocycles. The van der Waals surface area contributed by atoms with Gasteiger partial charge in [0.2, 0.25) is 5.95 Å². The third-order valence-electron chi connectivity index (χ3n) is 3.88. The highest BCUT2D eigenvalue weighted by molar-refractivity contribution is 6.30. The average molecular weight is 407 g/mol. The SMILES string of the molecule is Cl.Clc1ccc(C#Cc2ccc(/C=N/Nc3nc4ccccc4[nH]3)cc2)cc1. The van der Waals surface area contributed by atoms with Gasteiger partial charge in [0.1, 0.15) is 0 Å². The molecule has 0 spiro atoms. The van der Waals surface area contributed by atoms with Gasteiger partial charge in [-0.25, -0.2) is 10.4 Å². The molecule has 0 fully saturated rings. The summed E-state index contributed by atoms with van der Waals surface area (Å²) in [4.78, 5) is 7.57. The number of hydrogen-bond donors (Lipinski definition) is 2. The normalized spacial score (nSPS) is 10.3. The van der Waals surface area contributed by atoms with E-state index in [2.05, 4.69) is 32.3 Å². The van der Waals surface area contributed by atoms with Gasteiger partial charge in [-0.3, -0.25) is 0 Å². The Morgan fingerprint density at radius 3 is 2.21 bits per heavy atom. The van der Waals surface area contributed by atoms with Gasteiger partial charge >= 0.3 is 0 Å². The predicted molar refractivity (Wildman–Crippen MR) is 118 cm³/mol. The Kier molecular flexibility index (Phi) is 6.33. The van der Waals surface area contributed by atoms with Gasteiger partial charge < -0.3 is 4.98 Å². The molecule has 6 heteroatoms. The fourth-order valence-electron chi connectivity index (χ4n) is 2.50. The van der Waals surface area contributed by atoms with Crippen molar-refractivity contribution in [2.24, 2.45) is 5.10 Å². The van der Waals surface area contributed by atoms with Crippen LogP contribution >= 0.6 is 24.0 Å². The lowest BCUT2D eigenvalue weighted by molar-refractivity contribution is 1.21. The number of hydrazone groups is 1. The van der Waals surface area contributed by atoms with Gasteiger partial charge in [0.05, 0.1) is 17.2 Å². The van der Waals surface area contributed by atoms with Crippen molar-refractivity contribution in [3.8, 4) is 11.8 Å². The lowest BCUT2D eigenvalue weighted by Crippen LogP contribution is -1.92. The second kappa shape index (κ2) is 9.09. The molecule has 0 saturated carbocycles. The van der Waals surface area contributed by atoms with Crippen LogP contribution in [0.1, 0.15) is 16.7 Å². The number of benzene rings is 3. The van der Waals surface area contributed by atoms with Crippen LogP contribution in [0.15, 0.2) is 77.9 Å². The van der Waals surface area contributed by atoms with E-state index in [4.69, 9.17) is 11.6 Å². The van der Waals surface area contributed by atoms with E-state index in [9.17, 15) is 0 Å². The quantitative estimate of drug-likeness (QED) is 0.268. The molecule has 1 aromatic heterocycles. The zero-order valence-corrected chi connectivity index (χ0v) is 16.3. The fourth-order valence-corrected chi connectivity index (χ4v) is 2.63. The molecule has 0 bridgehead atoms. The minimum absolute atomic E-state index is 0. The van der Waals surface area contributed by atoms with Gasteiger partial charge in [-0.1, -0.05) is 47.7 Å². The van der Waals surface area contributed by atoms with Gasteiger partial charge in [0, 0.05) is 16.1 Å². The zero-order valence-electron chi connectivity index (χ0n) is 14.7. The van der Waals surface area contributed by atoms with Crippen LogP contribution in [0.25, 0.3) is 11.0 Å². The number of nitrogens with zero attached hydrogens (tertiary/aromatic N) is 2. The monoisotopic (exact) mass is 406 g/mol. The maximum Gasteiger partial charge on any atom is 0.222 e. The van der Waals surface area contributed by atoms with E-state index in [0.29, 0.717) is 11.0 Å². The van der Waals surface area contributed by atoms with Crippen LogP contribution in [0.5, 0.6) is 0 Å². The maximum absolute atomic E-state index is 5.88. The van der Waals surface area contributed by atoms with E-state index < -0.39 is 0 Å². The molecule has 28 heavy (non-hydrogen) atoms. The number of anilines is 1. The molecule has 3 aromatic carbocycles. The van der Waals surface area contributed by atoms with E-state index in [1.807, 2.05) is 72.8 Å². The smallest absolute Gasteiger partial charge is 0.222 e. The van der Waals surface area contributed by atoms with Crippen LogP contribution < -0.4 is 5.43 Å². The molecule has 2 N–H and O–H groups in total. The Morgan fingerprint density at radius 1 is 0.893 bits per heavy atom. The molecule has 0 saturated heterocycles. The Bertz CT molecular complexity index is 1120. The number of aromatic nitrogens is 2. The van der Waals surface area contributed by atoms with Crippen LogP contribution in [-0.2, 0) is 0 Å². The van der Waals surface area contributed by atoms with Crippen molar-refractivity contribution in [1.29, 1.82) is 0 Å².